The lowest BCUT2D eigenvalue weighted by Gasteiger charge is -2.34. The number of nitrogens with one attached hydrogen (secondary N) is 3. The van der Waals surface area contributed by atoms with E-state index in [-0.39, 0.29) is 17.2 Å². The van der Waals surface area contributed by atoms with Gasteiger partial charge in [0.2, 0.25) is 0 Å². The summed E-state index contributed by atoms with van der Waals surface area (Å²) in [5.74, 6) is 0. The number of hydrogen-bond donors (Lipinski definition) is 3. The van der Waals surface area contributed by atoms with Crippen molar-refractivity contribution in [3.8, 4) is 0 Å². The summed E-state index contributed by atoms with van der Waals surface area (Å²) in [5, 5.41) is 4.43. The van der Waals surface area contributed by atoms with Crippen molar-refractivity contribution in [1.82, 2.24) is 24.9 Å². The number of carbonyl (C=O) groups is 1. The summed E-state index contributed by atoms with van der Waals surface area (Å²) in [6.45, 7) is 6.24. The van der Waals surface area contributed by atoms with Crippen LogP contribution in [-0.4, -0.2) is 50.5 Å². The Kier molecular flexibility index (Phi) is 4.27. The molecule has 3 heterocycles. The maximum Gasteiger partial charge on any atom is 0.407 e. The molecule has 1 unspecified atom stereocenters. The topological polar surface area (TPSA) is 125 Å². The molecule has 0 aromatic carbocycles. The van der Waals surface area contributed by atoms with Crippen LogP contribution in [-0.2, 0) is 4.74 Å². The molecule has 0 aliphatic carbocycles. The van der Waals surface area contributed by atoms with Gasteiger partial charge in [0.25, 0.3) is 0 Å². The van der Waals surface area contributed by atoms with E-state index in [1.54, 1.807) is 25.8 Å². The summed E-state index contributed by atoms with van der Waals surface area (Å²) < 4.78 is 6.32. The van der Waals surface area contributed by atoms with Crippen LogP contribution in [0, 0.1) is 0 Å². The lowest BCUT2D eigenvalue weighted by molar-refractivity contribution is 0.0497. The molecule has 3 N–H and O–H groups in total. The van der Waals surface area contributed by atoms with Crippen molar-refractivity contribution in [2.45, 2.75) is 45.3 Å². The van der Waals surface area contributed by atoms with Gasteiger partial charge in [-0.05, 0) is 33.6 Å². The third-order valence-electron chi connectivity index (χ3n) is 3.87. The standard InChI is InChI=1S/C15H22N6O4/c1-15(2,3)25-14(24)18-9-5-4-6-20(7-9)21-12(22)10-11(17-8-16-10)19-13(21)23/h8-9H,4-7H2,1-3H3,(H,16,17)(H,18,24)(H,19,23). The predicted octanol–water partition coefficient (Wildman–Crippen LogP) is 0.0380. The number of nitrogens with zero attached hydrogens (tertiary/aromatic N) is 3. The van der Waals surface area contributed by atoms with Crippen LogP contribution < -0.4 is 21.6 Å². The molecule has 1 fully saturated rings. The van der Waals surface area contributed by atoms with E-state index in [2.05, 4.69) is 20.3 Å². The quantitative estimate of drug-likeness (QED) is 0.702. The average molecular weight is 350 g/mol. The summed E-state index contributed by atoms with van der Waals surface area (Å²) in [4.78, 5) is 46.0. The van der Waals surface area contributed by atoms with Crippen molar-refractivity contribution in [2.75, 3.05) is 18.1 Å². The maximum absolute atomic E-state index is 12.5. The van der Waals surface area contributed by atoms with E-state index in [0.717, 1.165) is 17.5 Å². The molecular formula is C15H22N6O4. The van der Waals surface area contributed by atoms with Gasteiger partial charge in [0.15, 0.2) is 11.2 Å². The molecule has 136 valence electrons. The number of ether oxygens (including phenoxy) is 1. The molecular weight excluding hydrogens is 328 g/mol. The second-order valence-electron chi connectivity index (χ2n) is 7.07. The number of rotatable bonds is 2. The van der Waals surface area contributed by atoms with Crippen molar-refractivity contribution in [2.24, 2.45) is 0 Å². The number of alkyl carbamates (subject to hydrolysis) is 1. The maximum atomic E-state index is 12.5. The van der Waals surface area contributed by atoms with Crippen LogP contribution >= 0.6 is 0 Å². The molecule has 0 saturated carbocycles. The number of carbonyl (C=O) groups excluding carboxylic acids is 1. The lowest BCUT2D eigenvalue weighted by atomic mass is 10.1. The van der Waals surface area contributed by atoms with Crippen molar-refractivity contribution in [3.63, 3.8) is 0 Å². The second-order valence-corrected chi connectivity index (χ2v) is 7.07. The summed E-state index contributed by atoms with van der Waals surface area (Å²) in [7, 11) is 0. The van der Waals surface area contributed by atoms with E-state index >= 15 is 0 Å². The summed E-state index contributed by atoms with van der Waals surface area (Å²) in [5.41, 5.74) is -1.14. The Hall–Kier alpha value is -2.78. The minimum atomic E-state index is -0.585. The van der Waals surface area contributed by atoms with Crippen molar-refractivity contribution < 1.29 is 9.53 Å². The van der Waals surface area contributed by atoms with Gasteiger partial charge < -0.3 is 20.0 Å². The number of amides is 1. The molecule has 0 radical (unpaired) electrons. The molecule has 0 bridgehead atoms. The van der Waals surface area contributed by atoms with Gasteiger partial charge >= 0.3 is 17.3 Å². The molecule has 2 aromatic heterocycles. The number of piperidine rings is 1. The largest absolute Gasteiger partial charge is 0.444 e. The van der Waals surface area contributed by atoms with E-state index in [1.807, 2.05) is 0 Å². The first-order valence-corrected chi connectivity index (χ1v) is 8.18. The number of hydrogen-bond acceptors (Lipinski definition) is 6. The average Bonchev–Trinajstić information content (AvgIpc) is 2.94. The lowest BCUT2D eigenvalue weighted by Crippen LogP contribution is -2.58. The minimum absolute atomic E-state index is 0.215. The first-order chi connectivity index (χ1) is 11.7. The normalized spacial score (nSPS) is 18.4. The van der Waals surface area contributed by atoms with Crippen LogP contribution in [0.4, 0.5) is 4.79 Å². The highest BCUT2D eigenvalue weighted by Gasteiger charge is 2.26. The van der Waals surface area contributed by atoms with Crippen LogP contribution in [0.3, 0.4) is 0 Å². The smallest absolute Gasteiger partial charge is 0.407 e. The molecule has 1 aliphatic heterocycles. The fourth-order valence-electron chi connectivity index (χ4n) is 2.89. The SMILES string of the molecule is CC(C)(C)OC(=O)NC1CCCN(n2c(=O)[nH]c3nc[nH]c3c2=O)C1. The molecule has 10 heteroatoms. The van der Waals surface area contributed by atoms with Crippen LogP contribution in [0.25, 0.3) is 11.2 Å². The second kappa shape index (κ2) is 6.26. The van der Waals surface area contributed by atoms with Crippen molar-refractivity contribution >= 4 is 17.3 Å². The Morgan fingerprint density at radius 3 is 2.88 bits per heavy atom. The summed E-state index contributed by atoms with van der Waals surface area (Å²) in [6.07, 6.45) is 2.32. The third kappa shape index (κ3) is 3.67. The zero-order valence-corrected chi connectivity index (χ0v) is 14.5. The third-order valence-corrected chi connectivity index (χ3v) is 3.87. The van der Waals surface area contributed by atoms with E-state index in [0.29, 0.717) is 13.1 Å². The highest BCUT2D eigenvalue weighted by molar-refractivity contribution is 5.68. The zero-order chi connectivity index (χ0) is 18.2. The minimum Gasteiger partial charge on any atom is -0.444 e. The number of fused-ring (bicyclic) bond motifs is 1. The molecule has 1 saturated heterocycles. The zero-order valence-electron chi connectivity index (χ0n) is 14.5. The highest BCUT2D eigenvalue weighted by Crippen LogP contribution is 2.11. The van der Waals surface area contributed by atoms with Gasteiger partial charge in [0, 0.05) is 6.54 Å². The van der Waals surface area contributed by atoms with Gasteiger partial charge in [0.05, 0.1) is 18.9 Å². The van der Waals surface area contributed by atoms with Crippen LogP contribution in [0.15, 0.2) is 15.9 Å². The van der Waals surface area contributed by atoms with Gasteiger partial charge in [-0.15, -0.1) is 0 Å². The first-order valence-electron chi connectivity index (χ1n) is 8.18. The Balaban J connectivity index is 1.79. The van der Waals surface area contributed by atoms with Crippen LogP contribution in [0.2, 0.25) is 0 Å². The van der Waals surface area contributed by atoms with Crippen molar-refractivity contribution in [3.05, 3.63) is 27.2 Å². The van der Waals surface area contributed by atoms with Gasteiger partial charge in [0.1, 0.15) is 5.60 Å². The molecule has 1 aliphatic rings. The van der Waals surface area contributed by atoms with E-state index in [4.69, 9.17) is 4.74 Å². The monoisotopic (exact) mass is 350 g/mol. The summed E-state index contributed by atoms with van der Waals surface area (Å²) in [6, 6.07) is -0.215. The number of aromatic nitrogens is 4. The Morgan fingerprint density at radius 1 is 1.40 bits per heavy atom. The van der Waals surface area contributed by atoms with Gasteiger partial charge in [-0.25, -0.2) is 14.6 Å². The number of aromatic amines is 2. The molecule has 25 heavy (non-hydrogen) atoms. The molecule has 2 aromatic rings. The number of imidazole rings is 1. The molecule has 1 amide bonds. The molecule has 1 atom stereocenters. The fraction of sp³-hybridized carbons (Fsp3) is 0.600. The van der Waals surface area contributed by atoms with Gasteiger partial charge in [-0.1, -0.05) is 0 Å². The van der Waals surface area contributed by atoms with E-state index in [9.17, 15) is 14.4 Å². The highest BCUT2D eigenvalue weighted by atomic mass is 16.6. The van der Waals surface area contributed by atoms with E-state index < -0.39 is 22.9 Å². The molecule has 0 spiro atoms. The van der Waals surface area contributed by atoms with E-state index in [1.165, 1.54) is 6.33 Å². The Bertz CT molecular complexity index is 890. The fourth-order valence-corrected chi connectivity index (χ4v) is 2.89. The Labute approximate surface area is 143 Å². The predicted molar refractivity (Wildman–Crippen MR) is 91.3 cm³/mol. The molecule has 10 nitrogen and oxygen atoms in total. The number of H-pyrrole nitrogens is 2. The molecule has 3 rings (SSSR count). The Morgan fingerprint density at radius 2 is 2.16 bits per heavy atom. The van der Waals surface area contributed by atoms with Crippen LogP contribution in [0.5, 0.6) is 0 Å². The van der Waals surface area contributed by atoms with Crippen LogP contribution in [0.1, 0.15) is 33.6 Å². The van der Waals surface area contributed by atoms with Crippen molar-refractivity contribution in [1.29, 1.82) is 0 Å². The van der Waals surface area contributed by atoms with Gasteiger partial charge in [-0.3, -0.25) is 9.78 Å². The van der Waals surface area contributed by atoms with Gasteiger partial charge in [-0.2, -0.15) is 4.68 Å². The first kappa shape index (κ1) is 17.1. The summed E-state index contributed by atoms with van der Waals surface area (Å²) >= 11 is 0.